The van der Waals surface area contributed by atoms with Gasteiger partial charge in [0.05, 0.1) is 12.3 Å². The van der Waals surface area contributed by atoms with Gasteiger partial charge in [0.15, 0.2) is 6.23 Å². The van der Waals surface area contributed by atoms with Gasteiger partial charge < -0.3 is 24.6 Å². The van der Waals surface area contributed by atoms with Gasteiger partial charge in [-0.15, -0.1) is 0 Å². The summed E-state index contributed by atoms with van der Waals surface area (Å²) in [7, 11) is 0. The lowest BCUT2D eigenvalue weighted by Gasteiger charge is -2.17. The van der Waals surface area contributed by atoms with E-state index in [1.807, 2.05) is 36.4 Å². The summed E-state index contributed by atoms with van der Waals surface area (Å²) in [6.45, 7) is 1.44. The number of nitrogens with zero attached hydrogens (tertiary/aromatic N) is 3. The van der Waals surface area contributed by atoms with Crippen LogP contribution >= 0.6 is 0 Å². The van der Waals surface area contributed by atoms with E-state index in [1.165, 1.54) is 0 Å². The fourth-order valence-corrected chi connectivity index (χ4v) is 3.27. The first-order chi connectivity index (χ1) is 12.1. The molecule has 7 nitrogen and oxygen atoms in total. The second-order valence-electron chi connectivity index (χ2n) is 6.17. The number of hydrogen-bond donors (Lipinski definition) is 3. The van der Waals surface area contributed by atoms with Crippen molar-refractivity contribution in [1.29, 1.82) is 0 Å². The van der Waals surface area contributed by atoms with Gasteiger partial charge in [0.2, 0.25) is 0 Å². The highest BCUT2D eigenvalue weighted by atomic mass is 16.6. The van der Waals surface area contributed by atoms with Crippen molar-refractivity contribution in [2.45, 2.75) is 31.5 Å². The number of aliphatic hydroxyl groups is 3. The van der Waals surface area contributed by atoms with Crippen molar-refractivity contribution in [1.82, 2.24) is 14.5 Å². The molecule has 0 aliphatic carbocycles. The third-order valence-corrected chi connectivity index (χ3v) is 4.52. The summed E-state index contributed by atoms with van der Waals surface area (Å²) >= 11 is 0. The number of rotatable bonds is 3. The maximum atomic E-state index is 10.3. The molecular formula is C18H19N3O4. The quantitative estimate of drug-likeness (QED) is 0.658. The summed E-state index contributed by atoms with van der Waals surface area (Å²) < 4.78 is 7.31. The van der Waals surface area contributed by atoms with E-state index in [0.29, 0.717) is 11.5 Å². The molecule has 0 bridgehead atoms. The number of fused-ring (bicyclic) bond motifs is 1. The average molecular weight is 341 g/mol. The minimum Gasteiger partial charge on any atom is -0.394 e. The molecule has 1 aliphatic rings. The van der Waals surface area contributed by atoms with E-state index in [1.54, 1.807) is 17.7 Å². The van der Waals surface area contributed by atoms with Crippen LogP contribution in [0, 0.1) is 6.92 Å². The molecule has 2 aromatic heterocycles. The van der Waals surface area contributed by atoms with Crippen molar-refractivity contribution < 1.29 is 20.1 Å². The molecule has 3 heterocycles. The topological polar surface area (TPSA) is 101 Å². The van der Waals surface area contributed by atoms with Gasteiger partial charge in [-0.3, -0.25) is 0 Å². The van der Waals surface area contributed by atoms with Crippen LogP contribution in [-0.2, 0) is 4.74 Å². The smallest absolute Gasteiger partial charge is 0.164 e. The third-order valence-electron chi connectivity index (χ3n) is 4.52. The van der Waals surface area contributed by atoms with Crippen LogP contribution in [-0.4, -0.2) is 54.8 Å². The molecule has 3 aromatic rings. The van der Waals surface area contributed by atoms with E-state index in [4.69, 9.17) is 4.74 Å². The van der Waals surface area contributed by atoms with Crippen molar-refractivity contribution in [3.05, 3.63) is 48.4 Å². The minimum atomic E-state index is -1.15. The molecule has 2 unspecified atom stereocenters. The fraction of sp³-hybridized carbons (Fsp3) is 0.333. The molecule has 0 saturated carbocycles. The zero-order chi connectivity index (χ0) is 17.6. The Labute approximate surface area is 144 Å². The first-order valence-electron chi connectivity index (χ1n) is 8.13. The van der Waals surface area contributed by atoms with Crippen LogP contribution in [0.5, 0.6) is 0 Å². The van der Waals surface area contributed by atoms with Crippen molar-refractivity contribution in [2.75, 3.05) is 6.61 Å². The summed E-state index contributed by atoms with van der Waals surface area (Å²) in [5.74, 6) is 0.595. The van der Waals surface area contributed by atoms with E-state index < -0.39 is 24.5 Å². The van der Waals surface area contributed by atoms with Gasteiger partial charge in [-0.2, -0.15) is 0 Å². The molecule has 25 heavy (non-hydrogen) atoms. The van der Waals surface area contributed by atoms with E-state index in [2.05, 4.69) is 9.97 Å². The van der Waals surface area contributed by atoms with Gasteiger partial charge in [0, 0.05) is 17.1 Å². The molecule has 4 rings (SSSR count). The molecule has 0 radical (unpaired) electrons. The van der Waals surface area contributed by atoms with Gasteiger partial charge in [0.1, 0.15) is 29.8 Å². The monoisotopic (exact) mass is 341 g/mol. The van der Waals surface area contributed by atoms with E-state index in [9.17, 15) is 15.3 Å². The second kappa shape index (κ2) is 6.20. The number of ether oxygens (including phenoxy) is 1. The highest BCUT2D eigenvalue weighted by Crippen LogP contribution is 2.34. The molecular weight excluding hydrogens is 322 g/mol. The fourth-order valence-electron chi connectivity index (χ4n) is 3.27. The zero-order valence-corrected chi connectivity index (χ0v) is 13.6. The molecule has 3 N–H and O–H groups in total. The predicted octanol–water partition coefficient (Wildman–Crippen LogP) is 1.02. The Hall–Kier alpha value is -2.32. The first kappa shape index (κ1) is 16.2. The Morgan fingerprint density at radius 3 is 2.52 bits per heavy atom. The maximum Gasteiger partial charge on any atom is 0.164 e. The standard InChI is InChI=1S/C18H19N3O4/c1-10-19-14(11-5-3-2-4-6-11)12-7-8-21(17(12)20-10)18-16(24)15(23)13(9-22)25-18/h2-8,13,15-16,18,22-24H,9H2,1H3/t13-,15?,16?,18-/m1/s1. The Morgan fingerprint density at radius 2 is 1.84 bits per heavy atom. The molecule has 1 aliphatic heterocycles. The molecule has 0 amide bonds. The second-order valence-corrected chi connectivity index (χ2v) is 6.17. The van der Waals surface area contributed by atoms with E-state index in [-0.39, 0.29) is 6.61 Å². The zero-order valence-electron chi connectivity index (χ0n) is 13.6. The SMILES string of the molecule is Cc1nc(-c2ccccc2)c2ccn([C@@H]3O[C@H](CO)C(O)C3O)c2n1. The Bertz CT molecular complexity index is 896. The van der Waals surface area contributed by atoms with Crippen molar-refractivity contribution in [2.24, 2.45) is 0 Å². The number of aromatic nitrogens is 3. The highest BCUT2D eigenvalue weighted by Gasteiger charge is 2.43. The van der Waals surface area contributed by atoms with Gasteiger partial charge >= 0.3 is 0 Å². The van der Waals surface area contributed by atoms with Crippen LogP contribution in [0.2, 0.25) is 0 Å². The summed E-state index contributed by atoms with van der Waals surface area (Å²) in [4.78, 5) is 9.05. The number of benzene rings is 1. The molecule has 1 saturated heterocycles. The Kier molecular flexibility index (Phi) is 4.01. The summed E-state index contributed by atoms with van der Waals surface area (Å²) in [5, 5.41) is 30.4. The van der Waals surface area contributed by atoms with Crippen LogP contribution in [0.15, 0.2) is 42.6 Å². The molecule has 1 aromatic carbocycles. The van der Waals surface area contributed by atoms with Gasteiger partial charge in [0.25, 0.3) is 0 Å². The number of aryl methyl sites for hydroxylation is 1. The van der Waals surface area contributed by atoms with Crippen molar-refractivity contribution in [3.63, 3.8) is 0 Å². The lowest BCUT2D eigenvalue weighted by molar-refractivity contribution is -0.0508. The molecule has 4 atom stereocenters. The molecule has 0 spiro atoms. The van der Waals surface area contributed by atoms with Gasteiger partial charge in [-0.25, -0.2) is 9.97 Å². The maximum absolute atomic E-state index is 10.3. The Balaban J connectivity index is 1.84. The van der Waals surface area contributed by atoms with E-state index >= 15 is 0 Å². The molecule has 1 fully saturated rings. The predicted molar refractivity (Wildman–Crippen MR) is 90.7 cm³/mol. The lowest BCUT2D eigenvalue weighted by atomic mass is 10.1. The number of aliphatic hydroxyl groups excluding tert-OH is 3. The van der Waals surface area contributed by atoms with Gasteiger partial charge in [-0.05, 0) is 13.0 Å². The van der Waals surface area contributed by atoms with Crippen LogP contribution < -0.4 is 0 Å². The highest BCUT2D eigenvalue weighted by molar-refractivity contribution is 5.91. The third kappa shape index (κ3) is 2.61. The van der Waals surface area contributed by atoms with Crippen LogP contribution in [0.1, 0.15) is 12.1 Å². The van der Waals surface area contributed by atoms with Crippen LogP contribution in [0.4, 0.5) is 0 Å². The molecule has 7 heteroatoms. The van der Waals surface area contributed by atoms with E-state index in [0.717, 1.165) is 16.6 Å². The normalized spacial score (nSPS) is 26.4. The average Bonchev–Trinajstić information content (AvgIpc) is 3.16. The first-order valence-corrected chi connectivity index (χ1v) is 8.13. The molecule has 130 valence electrons. The van der Waals surface area contributed by atoms with Crippen LogP contribution in [0.25, 0.3) is 22.3 Å². The van der Waals surface area contributed by atoms with Crippen molar-refractivity contribution in [3.8, 4) is 11.3 Å². The van der Waals surface area contributed by atoms with Crippen molar-refractivity contribution >= 4 is 11.0 Å². The largest absolute Gasteiger partial charge is 0.394 e. The number of hydrogen-bond acceptors (Lipinski definition) is 6. The Morgan fingerprint density at radius 1 is 1.08 bits per heavy atom. The minimum absolute atomic E-state index is 0.364. The summed E-state index contributed by atoms with van der Waals surface area (Å²) in [6.07, 6.45) is -2.19. The summed E-state index contributed by atoms with van der Waals surface area (Å²) in [5.41, 5.74) is 2.38. The van der Waals surface area contributed by atoms with Crippen LogP contribution in [0.3, 0.4) is 0 Å². The van der Waals surface area contributed by atoms with Gasteiger partial charge in [-0.1, -0.05) is 30.3 Å². The summed E-state index contributed by atoms with van der Waals surface area (Å²) in [6, 6.07) is 11.7. The lowest BCUT2D eigenvalue weighted by Crippen LogP contribution is -2.33.